The number of hydrogen-bond donors (Lipinski definition) is 0. The van der Waals surface area contributed by atoms with Crippen molar-refractivity contribution in [3.8, 4) is 0 Å². The lowest BCUT2D eigenvalue weighted by Gasteiger charge is -2.04. The lowest BCUT2D eigenvalue weighted by Crippen LogP contribution is -2.13. The summed E-state index contributed by atoms with van der Waals surface area (Å²) in [4.78, 5) is 22.6. The number of halogens is 1. The van der Waals surface area contributed by atoms with Crippen molar-refractivity contribution in [1.29, 1.82) is 0 Å². The molecule has 1 rings (SSSR count). The molecule has 1 aromatic carbocycles. The molecule has 16 heavy (non-hydrogen) atoms. The van der Waals surface area contributed by atoms with Crippen LogP contribution in [0.5, 0.6) is 0 Å². The predicted octanol–water partition coefficient (Wildman–Crippen LogP) is 2.62. The molecule has 0 aliphatic heterocycles. The van der Waals surface area contributed by atoms with Crippen LogP contribution in [0.25, 0.3) is 0 Å². The number of carbonyl (C=O) groups excluding carboxylic acids is 2. The van der Waals surface area contributed by atoms with Gasteiger partial charge in [0, 0.05) is 6.42 Å². The van der Waals surface area contributed by atoms with Crippen LogP contribution in [0.15, 0.2) is 18.2 Å². The fraction of sp³-hybridized carbons (Fsp3) is 0.333. The molecule has 0 amide bonds. The summed E-state index contributed by atoms with van der Waals surface area (Å²) in [5, 5.41) is 0. The first kappa shape index (κ1) is 12.4. The Bertz CT molecular complexity index is 413. The highest BCUT2D eigenvalue weighted by atomic mass is 19.1. The zero-order valence-electron chi connectivity index (χ0n) is 9.25. The second-order valence-electron chi connectivity index (χ2n) is 3.47. The quantitative estimate of drug-likeness (QED) is 0.585. The Morgan fingerprint density at radius 1 is 1.38 bits per heavy atom. The maximum Gasteiger partial charge on any atom is 0.346 e. The Labute approximate surface area is 93.2 Å². The van der Waals surface area contributed by atoms with E-state index >= 15 is 0 Å². The molecular weight excluding hydrogens is 211 g/mol. The highest BCUT2D eigenvalue weighted by Crippen LogP contribution is 2.11. The van der Waals surface area contributed by atoms with Crippen LogP contribution in [0.2, 0.25) is 0 Å². The molecule has 0 aliphatic rings. The van der Waals surface area contributed by atoms with Crippen LogP contribution < -0.4 is 0 Å². The maximum absolute atomic E-state index is 12.8. The standard InChI is InChI=1S/C12H13FO3/c1-3-4-11(14)16-12(15)10-6-5-9(13)7-8(10)2/h5-7H,3-4H2,1-2H3. The van der Waals surface area contributed by atoms with Crippen molar-refractivity contribution in [2.45, 2.75) is 26.7 Å². The molecule has 1 aromatic rings. The number of benzene rings is 1. The summed E-state index contributed by atoms with van der Waals surface area (Å²) < 4.78 is 17.4. The van der Waals surface area contributed by atoms with Gasteiger partial charge in [-0.15, -0.1) is 0 Å². The van der Waals surface area contributed by atoms with Gasteiger partial charge in [-0.25, -0.2) is 9.18 Å². The Hall–Kier alpha value is -1.71. The lowest BCUT2D eigenvalue weighted by atomic mass is 10.1. The molecule has 0 unspecified atom stereocenters. The second-order valence-corrected chi connectivity index (χ2v) is 3.47. The average molecular weight is 224 g/mol. The van der Waals surface area contributed by atoms with Crippen LogP contribution in [-0.4, -0.2) is 11.9 Å². The Morgan fingerprint density at radius 2 is 2.06 bits per heavy atom. The van der Waals surface area contributed by atoms with Crippen molar-refractivity contribution in [1.82, 2.24) is 0 Å². The van der Waals surface area contributed by atoms with Crippen LogP contribution >= 0.6 is 0 Å². The minimum Gasteiger partial charge on any atom is -0.389 e. The maximum atomic E-state index is 12.8. The van der Waals surface area contributed by atoms with Gasteiger partial charge in [-0.05, 0) is 37.1 Å². The fourth-order valence-corrected chi connectivity index (χ4v) is 1.27. The van der Waals surface area contributed by atoms with Gasteiger partial charge < -0.3 is 4.74 Å². The van der Waals surface area contributed by atoms with E-state index in [0.29, 0.717) is 12.0 Å². The van der Waals surface area contributed by atoms with E-state index in [1.54, 1.807) is 6.92 Å². The summed E-state index contributed by atoms with van der Waals surface area (Å²) in [7, 11) is 0. The van der Waals surface area contributed by atoms with E-state index < -0.39 is 17.8 Å². The Kier molecular flexibility index (Phi) is 4.17. The van der Waals surface area contributed by atoms with E-state index in [1.807, 2.05) is 6.92 Å². The fourth-order valence-electron chi connectivity index (χ4n) is 1.27. The second kappa shape index (κ2) is 5.39. The van der Waals surface area contributed by atoms with Crippen molar-refractivity contribution < 1.29 is 18.7 Å². The Balaban J connectivity index is 2.77. The summed E-state index contributed by atoms with van der Waals surface area (Å²) in [6, 6.07) is 3.70. The topological polar surface area (TPSA) is 43.4 Å². The number of carbonyl (C=O) groups is 2. The Morgan fingerprint density at radius 3 is 2.62 bits per heavy atom. The highest BCUT2D eigenvalue weighted by Gasteiger charge is 2.14. The van der Waals surface area contributed by atoms with Gasteiger partial charge in [0.25, 0.3) is 0 Å². The molecule has 0 saturated heterocycles. The van der Waals surface area contributed by atoms with E-state index in [1.165, 1.54) is 12.1 Å². The molecule has 86 valence electrons. The predicted molar refractivity (Wildman–Crippen MR) is 56.5 cm³/mol. The molecular formula is C12H13FO3. The largest absolute Gasteiger partial charge is 0.389 e. The van der Waals surface area contributed by atoms with Gasteiger partial charge >= 0.3 is 11.9 Å². The molecule has 0 N–H and O–H groups in total. The summed E-state index contributed by atoms with van der Waals surface area (Å²) in [5.41, 5.74) is 0.667. The molecule has 0 bridgehead atoms. The normalized spacial score (nSPS) is 9.94. The number of rotatable bonds is 3. The van der Waals surface area contributed by atoms with E-state index in [0.717, 1.165) is 6.07 Å². The minimum atomic E-state index is -0.726. The molecule has 0 aliphatic carbocycles. The van der Waals surface area contributed by atoms with Crippen molar-refractivity contribution in [3.63, 3.8) is 0 Å². The van der Waals surface area contributed by atoms with Crippen LogP contribution in [0.1, 0.15) is 35.7 Å². The SMILES string of the molecule is CCCC(=O)OC(=O)c1ccc(F)cc1C. The van der Waals surface area contributed by atoms with Gasteiger partial charge in [0.05, 0.1) is 5.56 Å². The highest BCUT2D eigenvalue weighted by molar-refractivity contribution is 5.97. The minimum absolute atomic E-state index is 0.200. The first-order chi connectivity index (χ1) is 7.54. The number of esters is 2. The zero-order chi connectivity index (χ0) is 12.1. The van der Waals surface area contributed by atoms with Crippen LogP contribution in [0, 0.1) is 12.7 Å². The third-order valence-electron chi connectivity index (χ3n) is 2.07. The van der Waals surface area contributed by atoms with Crippen molar-refractivity contribution in [3.05, 3.63) is 35.1 Å². The van der Waals surface area contributed by atoms with E-state index in [2.05, 4.69) is 4.74 Å². The van der Waals surface area contributed by atoms with Gasteiger partial charge in [-0.1, -0.05) is 6.92 Å². The van der Waals surface area contributed by atoms with Crippen LogP contribution in [0.3, 0.4) is 0 Å². The molecule has 4 heteroatoms. The van der Waals surface area contributed by atoms with Gasteiger partial charge in [-0.2, -0.15) is 0 Å². The smallest absolute Gasteiger partial charge is 0.346 e. The van der Waals surface area contributed by atoms with Gasteiger partial charge in [0.2, 0.25) is 0 Å². The summed E-state index contributed by atoms with van der Waals surface area (Å²) in [6.45, 7) is 3.40. The van der Waals surface area contributed by atoms with Crippen molar-refractivity contribution in [2.24, 2.45) is 0 Å². The van der Waals surface area contributed by atoms with Gasteiger partial charge in [0.15, 0.2) is 0 Å². The first-order valence-electron chi connectivity index (χ1n) is 5.05. The third kappa shape index (κ3) is 3.15. The van der Waals surface area contributed by atoms with E-state index in [9.17, 15) is 14.0 Å². The number of ether oxygens (including phenoxy) is 1. The van der Waals surface area contributed by atoms with E-state index in [4.69, 9.17) is 0 Å². The van der Waals surface area contributed by atoms with Gasteiger partial charge in [0.1, 0.15) is 5.82 Å². The zero-order valence-corrected chi connectivity index (χ0v) is 9.25. The number of hydrogen-bond acceptors (Lipinski definition) is 3. The molecule has 0 fully saturated rings. The summed E-state index contributed by atoms with van der Waals surface area (Å²) in [6.07, 6.45) is 0.820. The average Bonchev–Trinajstić information content (AvgIpc) is 2.17. The molecule has 0 aromatic heterocycles. The summed E-state index contributed by atoms with van der Waals surface area (Å²) in [5.74, 6) is -1.71. The molecule has 3 nitrogen and oxygen atoms in total. The van der Waals surface area contributed by atoms with Crippen LogP contribution in [0.4, 0.5) is 4.39 Å². The third-order valence-corrected chi connectivity index (χ3v) is 2.07. The first-order valence-corrected chi connectivity index (χ1v) is 5.05. The van der Waals surface area contributed by atoms with Crippen molar-refractivity contribution >= 4 is 11.9 Å². The molecule has 0 saturated carbocycles. The monoisotopic (exact) mass is 224 g/mol. The lowest BCUT2D eigenvalue weighted by molar-refractivity contribution is -0.137. The molecule has 0 heterocycles. The molecule has 0 spiro atoms. The van der Waals surface area contributed by atoms with Crippen molar-refractivity contribution in [2.75, 3.05) is 0 Å². The molecule has 0 radical (unpaired) electrons. The van der Waals surface area contributed by atoms with E-state index in [-0.39, 0.29) is 12.0 Å². The van der Waals surface area contributed by atoms with Gasteiger partial charge in [-0.3, -0.25) is 4.79 Å². The molecule has 0 atom stereocenters. The summed E-state index contributed by atoms with van der Waals surface area (Å²) >= 11 is 0. The number of aryl methyl sites for hydroxylation is 1. The van der Waals surface area contributed by atoms with Crippen LogP contribution in [-0.2, 0) is 9.53 Å².